The molecular formula is C26H20F4N2O3. The van der Waals surface area contributed by atoms with E-state index < -0.39 is 34.7 Å². The zero-order valence-corrected chi connectivity index (χ0v) is 18.6. The predicted octanol–water partition coefficient (Wildman–Crippen LogP) is 6.29. The van der Waals surface area contributed by atoms with Gasteiger partial charge >= 0.3 is 12.1 Å². The molecule has 1 heterocycles. The summed E-state index contributed by atoms with van der Waals surface area (Å²) in [6.07, 6.45) is -3.18. The Bertz CT molecular complexity index is 1420. The van der Waals surface area contributed by atoms with E-state index in [1.807, 2.05) is 0 Å². The van der Waals surface area contributed by atoms with Crippen LogP contribution in [0.25, 0.3) is 28.2 Å². The lowest BCUT2D eigenvalue weighted by Crippen LogP contribution is -2.15. The van der Waals surface area contributed by atoms with Gasteiger partial charge in [-0.3, -0.25) is 4.57 Å². The summed E-state index contributed by atoms with van der Waals surface area (Å²) in [5, 5.41) is 19.6. The minimum absolute atomic E-state index is 0.0281. The Labute approximate surface area is 197 Å². The molecule has 180 valence electrons. The number of alkyl halides is 3. The highest BCUT2D eigenvalue weighted by atomic mass is 19.4. The van der Waals surface area contributed by atoms with Crippen molar-refractivity contribution in [3.8, 4) is 28.2 Å². The number of aliphatic hydroxyl groups is 1. The fraction of sp³-hybridized carbons (Fsp3) is 0.154. The molecule has 5 nitrogen and oxygen atoms in total. The second kappa shape index (κ2) is 8.66. The van der Waals surface area contributed by atoms with Crippen molar-refractivity contribution in [1.82, 2.24) is 9.55 Å². The molecule has 0 bridgehead atoms. The summed E-state index contributed by atoms with van der Waals surface area (Å²) in [7, 11) is 0. The summed E-state index contributed by atoms with van der Waals surface area (Å²) >= 11 is 0. The fourth-order valence-corrected chi connectivity index (χ4v) is 3.69. The third kappa shape index (κ3) is 4.81. The quantitative estimate of drug-likeness (QED) is 0.327. The van der Waals surface area contributed by atoms with Gasteiger partial charge in [0.05, 0.1) is 16.8 Å². The molecule has 0 aliphatic carbocycles. The van der Waals surface area contributed by atoms with Gasteiger partial charge in [0.2, 0.25) is 0 Å². The number of rotatable bonds is 5. The minimum atomic E-state index is -4.63. The zero-order chi connectivity index (χ0) is 25.5. The van der Waals surface area contributed by atoms with E-state index >= 15 is 0 Å². The molecule has 0 fully saturated rings. The number of aromatic nitrogens is 2. The summed E-state index contributed by atoms with van der Waals surface area (Å²) < 4.78 is 57.0. The smallest absolute Gasteiger partial charge is 0.417 e. The molecule has 4 aromatic rings. The first-order valence-electron chi connectivity index (χ1n) is 10.5. The number of halogens is 4. The molecule has 0 aliphatic rings. The molecular weight excluding hydrogens is 464 g/mol. The van der Waals surface area contributed by atoms with E-state index in [0.717, 1.165) is 18.2 Å². The summed E-state index contributed by atoms with van der Waals surface area (Å²) in [4.78, 5) is 15.4. The highest BCUT2D eigenvalue weighted by Crippen LogP contribution is 2.38. The number of carbonyl (C=O) groups is 1. The van der Waals surface area contributed by atoms with E-state index in [2.05, 4.69) is 4.98 Å². The predicted molar refractivity (Wildman–Crippen MR) is 122 cm³/mol. The van der Waals surface area contributed by atoms with Crippen molar-refractivity contribution >= 4 is 5.97 Å². The van der Waals surface area contributed by atoms with Crippen LogP contribution >= 0.6 is 0 Å². The molecule has 0 saturated heterocycles. The van der Waals surface area contributed by atoms with Gasteiger partial charge in [0.25, 0.3) is 0 Å². The molecule has 0 atom stereocenters. The number of hydrogen-bond donors (Lipinski definition) is 2. The van der Waals surface area contributed by atoms with Crippen molar-refractivity contribution in [3.05, 3.63) is 95.6 Å². The van der Waals surface area contributed by atoms with Crippen LogP contribution < -0.4 is 0 Å². The van der Waals surface area contributed by atoms with Crippen LogP contribution in [0, 0.1) is 5.82 Å². The molecule has 0 saturated carbocycles. The van der Waals surface area contributed by atoms with E-state index in [1.165, 1.54) is 48.9 Å². The second-order valence-electron chi connectivity index (χ2n) is 8.47. The molecule has 4 rings (SSSR count). The van der Waals surface area contributed by atoms with Gasteiger partial charge in [0, 0.05) is 17.4 Å². The van der Waals surface area contributed by atoms with E-state index in [4.69, 9.17) is 5.11 Å². The average Bonchev–Trinajstić information content (AvgIpc) is 3.24. The monoisotopic (exact) mass is 484 g/mol. The van der Waals surface area contributed by atoms with Crippen LogP contribution in [-0.4, -0.2) is 25.7 Å². The van der Waals surface area contributed by atoms with Gasteiger partial charge in [-0.2, -0.15) is 13.2 Å². The first-order chi connectivity index (χ1) is 16.4. The van der Waals surface area contributed by atoms with E-state index in [-0.39, 0.29) is 17.1 Å². The number of imidazole rings is 1. The van der Waals surface area contributed by atoms with E-state index in [1.54, 1.807) is 24.3 Å². The zero-order valence-electron chi connectivity index (χ0n) is 18.6. The largest absolute Gasteiger partial charge is 0.478 e. The Morgan fingerprint density at radius 1 is 0.943 bits per heavy atom. The van der Waals surface area contributed by atoms with Gasteiger partial charge in [-0.05, 0) is 55.3 Å². The Hall–Kier alpha value is -3.98. The maximum atomic E-state index is 14.3. The van der Waals surface area contributed by atoms with Crippen LogP contribution in [0.3, 0.4) is 0 Å². The lowest BCUT2D eigenvalue weighted by atomic mass is 10.0. The molecule has 0 radical (unpaired) electrons. The standard InChI is InChI=1S/C26H20F4N2O3/c1-25(2,35)22-14-32(23(31-22)18-8-3-4-9-20(18)26(28,29)30)17-7-5-6-15(12-17)16-10-11-19(24(33)34)21(27)13-16/h3-14,35H,1-2H3,(H,33,34). The normalized spacial score (nSPS) is 12.1. The highest BCUT2D eigenvalue weighted by Gasteiger charge is 2.35. The van der Waals surface area contributed by atoms with Crippen molar-refractivity contribution < 1.29 is 32.6 Å². The number of hydrogen-bond acceptors (Lipinski definition) is 3. The Morgan fingerprint density at radius 3 is 2.26 bits per heavy atom. The molecule has 35 heavy (non-hydrogen) atoms. The number of carboxylic acids is 1. The van der Waals surface area contributed by atoms with Crippen molar-refractivity contribution in [1.29, 1.82) is 0 Å². The van der Waals surface area contributed by atoms with Gasteiger partial charge < -0.3 is 10.2 Å². The lowest BCUT2D eigenvalue weighted by molar-refractivity contribution is -0.137. The first kappa shape index (κ1) is 24.2. The van der Waals surface area contributed by atoms with Crippen LogP contribution in [0.4, 0.5) is 17.6 Å². The van der Waals surface area contributed by atoms with Crippen molar-refractivity contribution in [3.63, 3.8) is 0 Å². The Morgan fingerprint density at radius 2 is 1.63 bits per heavy atom. The molecule has 3 aromatic carbocycles. The van der Waals surface area contributed by atoms with E-state index in [9.17, 15) is 27.5 Å². The third-order valence-electron chi connectivity index (χ3n) is 5.46. The topological polar surface area (TPSA) is 75.4 Å². The number of nitrogens with zero attached hydrogens (tertiary/aromatic N) is 2. The number of benzene rings is 3. The molecule has 0 aliphatic heterocycles. The van der Waals surface area contributed by atoms with Gasteiger partial charge in [-0.1, -0.05) is 36.4 Å². The maximum Gasteiger partial charge on any atom is 0.417 e. The lowest BCUT2D eigenvalue weighted by Gasteiger charge is -2.15. The molecule has 1 aromatic heterocycles. The van der Waals surface area contributed by atoms with Crippen molar-refractivity contribution in [2.24, 2.45) is 0 Å². The summed E-state index contributed by atoms with van der Waals surface area (Å²) in [5.41, 5.74) is -1.48. The van der Waals surface area contributed by atoms with Crippen molar-refractivity contribution in [2.75, 3.05) is 0 Å². The SMILES string of the molecule is CC(C)(O)c1cn(-c2cccc(-c3ccc(C(=O)O)c(F)c3)c2)c(-c2ccccc2C(F)(F)F)n1. The van der Waals surface area contributed by atoms with Crippen LogP contribution in [0.1, 0.15) is 35.5 Å². The number of aromatic carboxylic acids is 1. The first-order valence-corrected chi connectivity index (χ1v) is 10.5. The molecule has 2 N–H and O–H groups in total. The van der Waals surface area contributed by atoms with Crippen molar-refractivity contribution in [2.45, 2.75) is 25.6 Å². The van der Waals surface area contributed by atoms with Gasteiger partial charge in [0.1, 0.15) is 17.2 Å². The summed E-state index contributed by atoms with van der Waals surface area (Å²) in [5.74, 6) is -2.33. The van der Waals surface area contributed by atoms with Crippen LogP contribution in [0.2, 0.25) is 0 Å². The minimum Gasteiger partial charge on any atom is -0.478 e. The number of carboxylic acid groups (broad SMARTS) is 1. The van der Waals surface area contributed by atoms with Gasteiger partial charge in [0.15, 0.2) is 0 Å². The van der Waals surface area contributed by atoms with E-state index in [0.29, 0.717) is 16.8 Å². The van der Waals surface area contributed by atoms with Crippen LogP contribution in [-0.2, 0) is 11.8 Å². The fourth-order valence-electron chi connectivity index (χ4n) is 3.69. The summed E-state index contributed by atoms with van der Waals surface area (Å²) in [6.45, 7) is 2.95. The van der Waals surface area contributed by atoms with Gasteiger partial charge in [-0.15, -0.1) is 0 Å². The third-order valence-corrected chi connectivity index (χ3v) is 5.46. The van der Waals surface area contributed by atoms with Gasteiger partial charge in [-0.25, -0.2) is 14.2 Å². The molecule has 0 amide bonds. The second-order valence-corrected chi connectivity index (χ2v) is 8.47. The molecule has 0 spiro atoms. The molecule has 0 unspecified atom stereocenters. The highest BCUT2D eigenvalue weighted by molar-refractivity contribution is 5.88. The van der Waals surface area contributed by atoms with Crippen LogP contribution in [0.15, 0.2) is 72.9 Å². The Kier molecular flexibility index (Phi) is 5.98. The maximum absolute atomic E-state index is 14.3. The summed E-state index contributed by atoms with van der Waals surface area (Å²) in [6, 6.07) is 15.2. The van der Waals surface area contributed by atoms with Crippen LogP contribution in [0.5, 0.6) is 0 Å². The molecule has 9 heteroatoms. The average molecular weight is 484 g/mol. The Balaban J connectivity index is 1.90.